The van der Waals surface area contributed by atoms with Crippen molar-refractivity contribution >= 4 is 45.5 Å². The van der Waals surface area contributed by atoms with Gasteiger partial charge in [0.15, 0.2) is 0 Å². The molecule has 5 aromatic rings. The number of hydrogen-bond donors (Lipinski definition) is 1. The minimum absolute atomic E-state index is 0.0908. The van der Waals surface area contributed by atoms with Crippen molar-refractivity contribution in [2.24, 2.45) is 5.10 Å². The fraction of sp³-hybridized carbons (Fsp3) is 0.0385. The quantitative estimate of drug-likeness (QED) is 0.284. The smallest absolute Gasteiger partial charge is 0.260 e. The first-order chi connectivity index (χ1) is 15.7. The van der Waals surface area contributed by atoms with Crippen LogP contribution in [0.1, 0.15) is 5.56 Å². The Morgan fingerprint density at radius 1 is 0.938 bits per heavy atom. The van der Waals surface area contributed by atoms with E-state index in [2.05, 4.69) is 16.6 Å². The van der Waals surface area contributed by atoms with Gasteiger partial charge in [0.25, 0.3) is 5.91 Å². The summed E-state index contributed by atoms with van der Waals surface area (Å²) in [6, 6.07) is 29.3. The average Bonchev–Trinajstić information content (AvgIpc) is 3.18. The molecule has 0 aliphatic heterocycles. The van der Waals surface area contributed by atoms with Gasteiger partial charge in [-0.1, -0.05) is 60.1 Å². The van der Waals surface area contributed by atoms with Gasteiger partial charge >= 0.3 is 0 Å². The van der Waals surface area contributed by atoms with Crippen LogP contribution in [0.5, 0.6) is 0 Å². The maximum Gasteiger partial charge on any atom is 0.260 e. The molecule has 4 aromatic carbocycles. The number of carbonyl (C=O) groups excluding carboxylic acids is 1. The van der Waals surface area contributed by atoms with E-state index in [0.717, 1.165) is 32.9 Å². The Kier molecular flexibility index (Phi) is 5.40. The lowest BCUT2D eigenvalue weighted by atomic mass is 10.1. The van der Waals surface area contributed by atoms with E-state index in [9.17, 15) is 4.79 Å². The molecule has 0 fully saturated rings. The van der Waals surface area contributed by atoms with Crippen LogP contribution in [0.3, 0.4) is 0 Å². The molecule has 1 heterocycles. The first-order valence-corrected chi connectivity index (χ1v) is 10.6. The van der Waals surface area contributed by atoms with Gasteiger partial charge < -0.3 is 4.57 Å². The second kappa shape index (κ2) is 8.65. The monoisotopic (exact) mass is 438 g/mol. The van der Waals surface area contributed by atoms with Crippen molar-refractivity contribution in [1.82, 2.24) is 15.0 Å². The van der Waals surface area contributed by atoms with Crippen molar-refractivity contribution in [3.63, 3.8) is 0 Å². The standard InChI is InChI=1S/C26H19ClN4O/c27-22-13-11-20(12-14-22)26-29-23-7-3-4-8-24(23)31(26)17-25(32)30-28-16-18-9-10-19-5-1-2-6-21(19)15-18/h1-16H,17H2,(H,30,32)/b28-16-. The predicted octanol–water partition coefficient (Wildman–Crippen LogP) is 5.66. The van der Waals surface area contributed by atoms with E-state index >= 15 is 0 Å². The number of fused-ring (bicyclic) bond motifs is 2. The second-order valence-corrected chi connectivity index (χ2v) is 7.85. The highest BCUT2D eigenvalue weighted by molar-refractivity contribution is 6.30. The third kappa shape index (κ3) is 4.11. The van der Waals surface area contributed by atoms with E-state index in [1.165, 1.54) is 0 Å². The first kappa shape index (κ1) is 20.0. The maximum absolute atomic E-state index is 12.7. The highest BCUT2D eigenvalue weighted by atomic mass is 35.5. The topological polar surface area (TPSA) is 59.3 Å². The minimum Gasteiger partial charge on any atom is -0.314 e. The van der Waals surface area contributed by atoms with Crippen molar-refractivity contribution < 1.29 is 4.79 Å². The molecular formula is C26H19ClN4O. The van der Waals surface area contributed by atoms with E-state index in [1.807, 2.05) is 89.5 Å². The van der Waals surface area contributed by atoms with Crippen LogP contribution in [0.15, 0.2) is 96.1 Å². The van der Waals surface area contributed by atoms with Crippen LogP contribution in [-0.4, -0.2) is 21.7 Å². The van der Waals surface area contributed by atoms with E-state index in [0.29, 0.717) is 10.8 Å². The molecule has 0 saturated carbocycles. The summed E-state index contributed by atoms with van der Waals surface area (Å²) in [5.41, 5.74) is 6.14. The molecule has 0 saturated heterocycles. The summed E-state index contributed by atoms with van der Waals surface area (Å²) in [6.07, 6.45) is 1.65. The molecule has 1 aromatic heterocycles. The van der Waals surface area contributed by atoms with Crippen LogP contribution in [0.2, 0.25) is 5.02 Å². The summed E-state index contributed by atoms with van der Waals surface area (Å²) >= 11 is 6.03. The Morgan fingerprint density at radius 3 is 2.53 bits per heavy atom. The Labute approximate surface area is 190 Å². The molecule has 0 unspecified atom stereocenters. The molecule has 5 rings (SSSR count). The summed E-state index contributed by atoms with van der Waals surface area (Å²) in [5, 5.41) is 7.09. The number of para-hydroxylation sites is 2. The Hall–Kier alpha value is -3.96. The number of rotatable bonds is 5. The molecule has 5 nitrogen and oxygen atoms in total. The predicted molar refractivity (Wildman–Crippen MR) is 130 cm³/mol. The van der Waals surface area contributed by atoms with Gasteiger partial charge in [-0.05, 0) is 58.8 Å². The van der Waals surface area contributed by atoms with Gasteiger partial charge in [-0.25, -0.2) is 10.4 Å². The van der Waals surface area contributed by atoms with Crippen LogP contribution in [0.25, 0.3) is 33.2 Å². The number of hydrazone groups is 1. The van der Waals surface area contributed by atoms with Gasteiger partial charge in [0, 0.05) is 10.6 Å². The maximum atomic E-state index is 12.7. The number of halogens is 1. The number of aromatic nitrogens is 2. The van der Waals surface area contributed by atoms with Gasteiger partial charge in [0.2, 0.25) is 0 Å². The van der Waals surface area contributed by atoms with E-state index < -0.39 is 0 Å². The molecule has 0 radical (unpaired) electrons. The van der Waals surface area contributed by atoms with Crippen molar-refractivity contribution in [2.75, 3.05) is 0 Å². The molecule has 6 heteroatoms. The molecule has 1 amide bonds. The lowest BCUT2D eigenvalue weighted by molar-refractivity contribution is -0.121. The average molecular weight is 439 g/mol. The molecule has 1 N–H and O–H groups in total. The van der Waals surface area contributed by atoms with Crippen molar-refractivity contribution in [3.8, 4) is 11.4 Å². The number of hydrogen-bond acceptors (Lipinski definition) is 3. The van der Waals surface area contributed by atoms with Crippen LogP contribution in [0.4, 0.5) is 0 Å². The van der Waals surface area contributed by atoms with Gasteiger partial charge in [-0.15, -0.1) is 0 Å². The third-order valence-corrected chi connectivity index (χ3v) is 5.49. The Bertz CT molecular complexity index is 1450. The van der Waals surface area contributed by atoms with Crippen LogP contribution < -0.4 is 5.43 Å². The van der Waals surface area contributed by atoms with Crippen molar-refractivity contribution in [1.29, 1.82) is 0 Å². The zero-order chi connectivity index (χ0) is 21.9. The number of carbonyl (C=O) groups is 1. The molecule has 0 spiro atoms. The molecule has 32 heavy (non-hydrogen) atoms. The fourth-order valence-corrected chi connectivity index (χ4v) is 3.83. The number of benzene rings is 4. The molecule has 0 atom stereocenters. The zero-order valence-corrected chi connectivity index (χ0v) is 17.8. The fourth-order valence-electron chi connectivity index (χ4n) is 3.70. The number of amides is 1. The summed E-state index contributed by atoms with van der Waals surface area (Å²) < 4.78 is 1.89. The normalized spacial score (nSPS) is 11.4. The highest BCUT2D eigenvalue weighted by Gasteiger charge is 2.15. The highest BCUT2D eigenvalue weighted by Crippen LogP contribution is 2.26. The third-order valence-electron chi connectivity index (χ3n) is 5.24. The van der Waals surface area contributed by atoms with Crippen LogP contribution >= 0.6 is 11.6 Å². The summed E-state index contributed by atoms with van der Waals surface area (Å²) in [4.78, 5) is 17.4. The van der Waals surface area contributed by atoms with Crippen LogP contribution in [-0.2, 0) is 11.3 Å². The number of nitrogens with zero attached hydrogens (tertiary/aromatic N) is 3. The molecule has 156 valence electrons. The number of nitrogens with one attached hydrogen (secondary N) is 1. The van der Waals surface area contributed by atoms with Crippen molar-refractivity contribution in [3.05, 3.63) is 102 Å². The molecule has 0 aliphatic carbocycles. The lowest BCUT2D eigenvalue weighted by Gasteiger charge is -2.08. The van der Waals surface area contributed by atoms with Crippen LogP contribution in [0, 0.1) is 0 Å². The minimum atomic E-state index is -0.236. The zero-order valence-electron chi connectivity index (χ0n) is 17.1. The number of imidazole rings is 1. The van der Waals surface area contributed by atoms with Gasteiger partial charge in [0.05, 0.1) is 17.2 Å². The van der Waals surface area contributed by atoms with Gasteiger partial charge in [0.1, 0.15) is 12.4 Å². The Balaban J connectivity index is 1.37. The van der Waals surface area contributed by atoms with Gasteiger partial charge in [-0.2, -0.15) is 5.10 Å². The molecule has 0 aliphatic rings. The largest absolute Gasteiger partial charge is 0.314 e. The molecule has 0 bridgehead atoms. The summed E-state index contributed by atoms with van der Waals surface area (Å²) in [6.45, 7) is 0.0908. The van der Waals surface area contributed by atoms with E-state index in [4.69, 9.17) is 16.6 Å². The summed E-state index contributed by atoms with van der Waals surface area (Å²) in [7, 11) is 0. The summed E-state index contributed by atoms with van der Waals surface area (Å²) in [5.74, 6) is 0.469. The van der Waals surface area contributed by atoms with Gasteiger partial charge in [-0.3, -0.25) is 4.79 Å². The van der Waals surface area contributed by atoms with E-state index in [1.54, 1.807) is 6.21 Å². The first-order valence-electron chi connectivity index (χ1n) is 10.2. The SMILES string of the molecule is O=C(Cn1c(-c2ccc(Cl)cc2)nc2ccccc21)N/N=C\c1ccc2ccccc2c1. The lowest BCUT2D eigenvalue weighted by Crippen LogP contribution is -2.23. The van der Waals surface area contributed by atoms with Crippen molar-refractivity contribution in [2.45, 2.75) is 6.54 Å². The molecular weight excluding hydrogens is 420 g/mol. The second-order valence-electron chi connectivity index (χ2n) is 7.42. The van der Waals surface area contributed by atoms with E-state index in [-0.39, 0.29) is 12.5 Å². The Morgan fingerprint density at radius 2 is 1.69 bits per heavy atom.